The molecule has 94 valence electrons. The van der Waals surface area contributed by atoms with Crippen LogP contribution in [-0.2, 0) is 15.9 Å². The predicted molar refractivity (Wildman–Crippen MR) is 63.9 cm³/mol. The Kier molecular flexibility index (Phi) is 3.70. The van der Waals surface area contributed by atoms with Crippen LogP contribution in [0.15, 0.2) is 23.1 Å². The summed E-state index contributed by atoms with van der Waals surface area (Å²) in [6, 6.07) is 3.69. The Labute approximate surface area is 105 Å². The summed E-state index contributed by atoms with van der Waals surface area (Å²) in [4.78, 5) is -0.00519. The largest absolute Gasteiger partial charge is 0.243 e. The predicted octanol–water partition coefficient (Wildman–Crippen LogP) is 2.35. The zero-order valence-corrected chi connectivity index (χ0v) is 10.8. The van der Waals surface area contributed by atoms with Crippen LogP contribution in [0, 0.1) is 5.82 Å². The molecule has 17 heavy (non-hydrogen) atoms. The maximum absolute atomic E-state index is 13.2. The summed E-state index contributed by atoms with van der Waals surface area (Å²) in [5.74, 6) is -0.500. The molecule has 0 radical (unpaired) electrons. The minimum absolute atomic E-state index is 0.00519. The lowest BCUT2D eigenvalue weighted by molar-refractivity contribution is 0.476. The highest BCUT2D eigenvalue weighted by Crippen LogP contribution is 2.25. The molecule has 0 spiro atoms. The molecule has 1 saturated heterocycles. The van der Waals surface area contributed by atoms with Gasteiger partial charge < -0.3 is 0 Å². The highest BCUT2D eigenvalue weighted by atomic mass is 35.5. The van der Waals surface area contributed by atoms with Crippen molar-refractivity contribution in [2.24, 2.45) is 0 Å². The first-order chi connectivity index (χ1) is 8.05. The smallest absolute Gasteiger partial charge is 0.207 e. The number of halogens is 2. The van der Waals surface area contributed by atoms with Gasteiger partial charge in [0.15, 0.2) is 0 Å². The zero-order valence-electron chi connectivity index (χ0n) is 9.20. The summed E-state index contributed by atoms with van der Waals surface area (Å²) in [5, 5.41) is 0. The quantitative estimate of drug-likeness (QED) is 0.796. The average molecular weight is 278 g/mol. The van der Waals surface area contributed by atoms with Gasteiger partial charge in [0.25, 0.3) is 0 Å². The summed E-state index contributed by atoms with van der Waals surface area (Å²) in [6.45, 7) is 1.00. The van der Waals surface area contributed by atoms with Crippen molar-refractivity contribution >= 4 is 21.6 Å². The molecule has 0 aromatic heterocycles. The summed E-state index contributed by atoms with van der Waals surface area (Å²) in [7, 11) is -3.60. The van der Waals surface area contributed by atoms with Crippen LogP contribution < -0.4 is 0 Å². The number of benzene rings is 1. The molecule has 0 aliphatic carbocycles. The molecule has 0 atom stereocenters. The summed E-state index contributed by atoms with van der Waals surface area (Å²) < 4.78 is 39.1. The number of nitrogens with zero attached hydrogens (tertiary/aromatic N) is 1. The van der Waals surface area contributed by atoms with Gasteiger partial charge in [-0.2, -0.15) is 4.31 Å². The van der Waals surface area contributed by atoms with Crippen LogP contribution >= 0.6 is 11.6 Å². The highest BCUT2D eigenvalue weighted by Gasteiger charge is 2.29. The minimum Gasteiger partial charge on any atom is -0.207 e. The molecular weight excluding hydrogens is 265 g/mol. The van der Waals surface area contributed by atoms with Crippen molar-refractivity contribution in [3.05, 3.63) is 29.6 Å². The van der Waals surface area contributed by atoms with E-state index in [0.717, 1.165) is 18.9 Å². The van der Waals surface area contributed by atoms with E-state index in [1.165, 1.54) is 16.4 Å². The van der Waals surface area contributed by atoms with Gasteiger partial charge in [0, 0.05) is 19.0 Å². The Hall–Kier alpha value is -0.650. The van der Waals surface area contributed by atoms with E-state index in [0.29, 0.717) is 18.7 Å². The molecule has 0 N–H and O–H groups in total. The van der Waals surface area contributed by atoms with Crippen LogP contribution in [0.4, 0.5) is 4.39 Å². The second-order valence-corrected chi connectivity index (χ2v) is 6.17. The Morgan fingerprint density at radius 3 is 2.53 bits per heavy atom. The highest BCUT2D eigenvalue weighted by molar-refractivity contribution is 7.89. The van der Waals surface area contributed by atoms with E-state index in [1.54, 1.807) is 0 Å². The van der Waals surface area contributed by atoms with Crippen LogP contribution in [0.3, 0.4) is 0 Å². The number of hydrogen-bond acceptors (Lipinski definition) is 2. The Morgan fingerprint density at radius 1 is 1.29 bits per heavy atom. The second-order valence-electron chi connectivity index (χ2n) is 4.00. The Balaban J connectivity index is 2.47. The molecule has 1 heterocycles. The number of hydrogen-bond donors (Lipinski definition) is 0. The van der Waals surface area contributed by atoms with Gasteiger partial charge in [-0.15, -0.1) is 11.6 Å². The van der Waals surface area contributed by atoms with E-state index in [4.69, 9.17) is 11.6 Å². The van der Waals surface area contributed by atoms with Gasteiger partial charge in [-0.1, -0.05) is 6.07 Å². The summed E-state index contributed by atoms with van der Waals surface area (Å²) in [6.07, 6.45) is 1.70. The molecule has 1 aromatic carbocycles. The first kappa shape index (κ1) is 12.8. The molecule has 0 bridgehead atoms. The van der Waals surface area contributed by atoms with Crippen molar-refractivity contribution < 1.29 is 12.8 Å². The van der Waals surface area contributed by atoms with E-state index in [-0.39, 0.29) is 10.8 Å². The lowest BCUT2D eigenvalue weighted by Gasteiger charge is -2.17. The minimum atomic E-state index is -3.60. The maximum atomic E-state index is 13.2. The Morgan fingerprint density at radius 2 is 1.94 bits per heavy atom. The fraction of sp³-hybridized carbons (Fsp3) is 0.455. The first-order valence-corrected chi connectivity index (χ1v) is 7.37. The third-order valence-electron chi connectivity index (χ3n) is 2.86. The van der Waals surface area contributed by atoms with Crippen molar-refractivity contribution in [3.63, 3.8) is 0 Å². The molecule has 0 amide bonds. The van der Waals surface area contributed by atoms with Gasteiger partial charge in [-0.3, -0.25) is 0 Å². The fourth-order valence-electron chi connectivity index (χ4n) is 1.95. The van der Waals surface area contributed by atoms with E-state index >= 15 is 0 Å². The van der Waals surface area contributed by atoms with Gasteiger partial charge in [0.1, 0.15) is 5.82 Å². The van der Waals surface area contributed by atoms with Crippen LogP contribution in [0.5, 0.6) is 0 Å². The monoisotopic (exact) mass is 277 g/mol. The molecule has 3 nitrogen and oxygen atoms in total. The summed E-state index contributed by atoms with van der Waals surface area (Å²) in [5.41, 5.74) is 0.444. The van der Waals surface area contributed by atoms with Crippen molar-refractivity contribution in [1.82, 2.24) is 4.31 Å². The lowest BCUT2D eigenvalue weighted by atomic mass is 10.2. The van der Waals surface area contributed by atoms with Crippen LogP contribution in [0.1, 0.15) is 18.4 Å². The van der Waals surface area contributed by atoms with E-state index < -0.39 is 15.8 Å². The van der Waals surface area contributed by atoms with Crippen LogP contribution in [0.25, 0.3) is 0 Å². The standard InChI is InChI=1S/C11H13ClFNO2S/c12-8-9-3-4-10(13)7-11(9)17(15,16)14-5-1-2-6-14/h3-4,7H,1-2,5-6,8H2. The van der Waals surface area contributed by atoms with Crippen molar-refractivity contribution in [2.75, 3.05) is 13.1 Å². The van der Waals surface area contributed by atoms with Gasteiger partial charge in [0.2, 0.25) is 10.0 Å². The van der Waals surface area contributed by atoms with Crippen LogP contribution in [-0.4, -0.2) is 25.8 Å². The SMILES string of the molecule is O=S(=O)(c1cc(F)ccc1CCl)N1CCCC1. The zero-order chi connectivity index (χ0) is 12.5. The molecule has 1 fully saturated rings. The molecule has 6 heteroatoms. The molecule has 1 aromatic rings. The van der Waals surface area contributed by atoms with Crippen molar-refractivity contribution in [3.8, 4) is 0 Å². The van der Waals surface area contributed by atoms with Gasteiger partial charge in [-0.05, 0) is 30.5 Å². The number of alkyl halides is 1. The van der Waals surface area contributed by atoms with Gasteiger partial charge in [-0.25, -0.2) is 12.8 Å². The molecular formula is C11H13ClFNO2S. The third kappa shape index (κ3) is 2.46. The topological polar surface area (TPSA) is 37.4 Å². The van der Waals surface area contributed by atoms with E-state index in [1.807, 2.05) is 0 Å². The van der Waals surface area contributed by atoms with E-state index in [9.17, 15) is 12.8 Å². The van der Waals surface area contributed by atoms with Gasteiger partial charge >= 0.3 is 0 Å². The average Bonchev–Trinajstić information content (AvgIpc) is 2.83. The first-order valence-electron chi connectivity index (χ1n) is 5.40. The number of sulfonamides is 1. The fourth-order valence-corrected chi connectivity index (χ4v) is 4.01. The molecule has 1 aliphatic rings. The van der Waals surface area contributed by atoms with Crippen molar-refractivity contribution in [2.45, 2.75) is 23.6 Å². The normalized spacial score (nSPS) is 17.5. The summed E-state index contributed by atoms with van der Waals surface area (Å²) >= 11 is 5.69. The van der Waals surface area contributed by atoms with Crippen LogP contribution in [0.2, 0.25) is 0 Å². The molecule has 0 unspecified atom stereocenters. The second kappa shape index (κ2) is 4.92. The molecule has 0 saturated carbocycles. The van der Waals surface area contributed by atoms with Crippen molar-refractivity contribution in [1.29, 1.82) is 0 Å². The third-order valence-corrected chi connectivity index (χ3v) is 5.12. The van der Waals surface area contributed by atoms with E-state index in [2.05, 4.69) is 0 Å². The molecule has 1 aliphatic heterocycles. The Bertz CT molecular complexity index is 512. The number of rotatable bonds is 3. The maximum Gasteiger partial charge on any atom is 0.243 e. The lowest BCUT2D eigenvalue weighted by Crippen LogP contribution is -2.28. The van der Waals surface area contributed by atoms with Gasteiger partial charge in [0.05, 0.1) is 4.90 Å². The molecule has 2 rings (SSSR count).